The lowest BCUT2D eigenvalue weighted by molar-refractivity contribution is 0.0239. The highest BCUT2D eigenvalue weighted by atomic mass is 16.5. The highest BCUT2D eigenvalue weighted by Crippen LogP contribution is 2.27. The molecule has 9 heteroatoms. The van der Waals surface area contributed by atoms with Gasteiger partial charge in [0.1, 0.15) is 5.82 Å². The number of ether oxygens (including phenoxy) is 1. The largest absolute Gasteiger partial charge is 0.404 e. The average molecular weight is 487 g/mol. The van der Waals surface area contributed by atoms with Crippen molar-refractivity contribution in [1.82, 2.24) is 25.5 Å². The van der Waals surface area contributed by atoms with Gasteiger partial charge >= 0.3 is 0 Å². The SMILES string of the molecule is NC=C(C=NCCOC1CNC1)c1cnc2ccc(Nc3cc(CC4CCCCC4)cnn3)nc2c1. The van der Waals surface area contributed by atoms with Gasteiger partial charge in [-0.3, -0.25) is 9.98 Å². The Kier molecular flexibility index (Phi) is 8.10. The summed E-state index contributed by atoms with van der Waals surface area (Å²) >= 11 is 0. The Morgan fingerprint density at radius 3 is 2.81 bits per heavy atom. The molecule has 1 saturated heterocycles. The first-order valence-electron chi connectivity index (χ1n) is 12.9. The first-order chi connectivity index (χ1) is 17.8. The number of anilines is 2. The van der Waals surface area contributed by atoms with Crippen molar-refractivity contribution in [3.63, 3.8) is 0 Å². The van der Waals surface area contributed by atoms with Crippen LogP contribution in [0.2, 0.25) is 0 Å². The minimum absolute atomic E-state index is 0.314. The molecule has 1 aliphatic carbocycles. The van der Waals surface area contributed by atoms with Crippen LogP contribution in [-0.2, 0) is 11.2 Å². The molecule has 0 amide bonds. The topological polar surface area (TPSA) is 123 Å². The van der Waals surface area contributed by atoms with Crippen molar-refractivity contribution in [3.8, 4) is 0 Å². The number of hydrogen-bond donors (Lipinski definition) is 3. The lowest BCUT2D eigenvalue weighted by atomic mass is 9.85. The molecular formula is C27H34N8O. The van der Waals surface area contributed by atoms with E-state index in [2.05, 4.69) is 36.9 Å². The molecule has 5 rings (SSSR count). The van der Waals surface area contributed by atoms with E-state index >= 15 is 0 Å². The molecule has 3 aromatic rings. The smallest absolute Gasteiger partial charge is 0.154 e. The van der Waals surface area contributed by atoms with E-state index in [9.17, 15) is 0 Å². The summed E-state index contributed by atoms with van der Waals surface area (Å²) in [6.45, 7) is 3.02. The van der Waals surface area contributed by atoms with Crippen LogP contribution in [0, 0.1) is 5.92 Å². The van der Waals surface area contributed by atoms with Crippen molar-refractivity contribution in [1.29, 1.82) is 0 Å². The van der Waals surface area contributed by atoms with E-state index in [4.69, 9.17) is 15.5 Å². The van der Waals surface area contributed by atoms with Gasteiger partial charge in [0.15, 0.2) is 5.82 Å². The second kappa shape index (κ2) is 12.0. The molecule has 36 heavy (non-hydrogen) atoms. The maximum atomic E-state index is 5.89. The van der Waals surface area contributed by atoms with Crippen LogP contribution < -0.4 is 16.4 Å². The molecule has 2 fully saturated rings. The van der Waals surface area contributed by atoms with Gasteiger partial charge in [-0.25, -0.2) is 4.98 Å². The molecule has 1 saturated carbocycles. The fourth-order valence-corrected chi connectivity index (χ4v) is 4.70. The number of allylic oxidation sites excluding steroid dienone is 1. The van der Waals surface area contributed by atoms with Gasteiger partial charge in [0.05, 0.1) is 36.5 Å². The molecule has 0 bridgehead atoms. The number of nitrogens with two attached hydrogens (primary N) is 1. The van der Waals surface area contributed by atoms with Gasteiger partial charge in [-0.15, -0.1) is 5.10 Å². The van der Waals surface area contributed by atoms with E-state index in [1.165, 1.54) is 37.7 Å². The zero-order valence-corrected chi connectivity index (χ0v) is 20.6. The molecule has 4 N–H and O–H groups in total. The summed E-state index contributed by atoms with van der Waals surface area (Å²) in [5.74, 6) is 2.15. The van der Waals surface area contributed by atoms with Gasteiger partial charge in [0, 0.05) is 42.8 Å². The lowest BCUT2D eigenvalue weighted by Gasteiger charge is -2.26. The Balaban J connectivity index is 1.24. The maximum Gasteiger partial charge on any atom is 0.154 e. The summed E-state index contributed by atoms with van der Waals surface area (Å²) in [6, 6.07) is 7.91. The standard InChI is InChI=1S/C27H34N8O/c28-13-22(15-29-8-9-36-23-17-30-18-23)21-12-25-24(31-16-21)6-7-26(33-25)34-27-11-20(14-32-35-27)10-19-4-2-1-3-5-19/h6-7,11-16,19,23,30H,1-5,8-10,17-18,28H2,(H,33,34,35). The summed E-state index contributed by atoms with van der Waals surface area (Å²) in [7, 11) is 0. The van der Waals surface area contributed by atoms with Crippen LogP contribution in [0.25, 0.3) is 16.6 Å². The fourth-order valence-electron chi connectivity index (χ4n) is 4.70. The first-order valence-corrected chi connectivity index (χ1v) is 12.9. The Bertz CT molecular complexity index is 1220. The normalized spacial score (nSPS) is 17.5. The van der Waals surface area contributed by atoms with E-state index in [1.807, 2.05) is 24.4 Å². The number of nitrogens with zero attached hydrogens (tertiary/aromatic N) is 5. The van der Waals surface area contributed by atoms with Crippen LogP contribution in [0.1, 0.15) is 43.2 Å². The molecule has 1 aliphatic heterocycles. The number of rotatable bonds is 10. The quantitative estimate of drug-likeness (QED) is 0.293. The molecule has 0 unspecified atom stereocenters. The molecule has 0 radical (unpaired) electrons. The Morgan fingerprint density at radius 1 is 1.11 bits per heavy atom. The minimum Gasteiger partial charge on any atom is -0.404 e. The number of fused-ring (bicyclic) bond motifs is 1. The van der Waals surface area contributed by atoms with Gasteiger partial charge in [0.25, 0.3) is 0 Å². The molecule has 0 spiro atoms. The molecule has 0 aromatic carbocycles. The zero-order chi connectivity index (χ0) is 24.6. The fraction of sp³-hybridized carbons (Fsp3) is 0.444. The summed E-state index contributed by atoms with van der Waals surface area (Å²) in [6.07, 6.45) is 15.0. The van der Waals surface area contributed by atoms with Crippen molar-refractivity contribution in [2.75, 3.05) is 31.6 Å². The summed E-state index contributed by atoms with van der Waals surface area (Å²) < 4.78 is 5.70. The van der Waals surface area contributed by atoms with Crippen LogP contribution >= 0.6 is 0 Å². The van der Waals surface area contributed by atoms with Gasteiger partial charge in [-0.1, -0.05) is 32.1 Å². The van der Waals surface area contributed by atoms with Crippen LogP contribution in [-0.4, -0.2) is 58.7 Å². The van der Waals surface area contributed by atoms with E-state index in [0.717, 1.165) is 47.6 Å². The third-order valence-electron chi connectivity index (χ3n) is 6.81. The molecule has 2 aliphatic rings. The summed E-state index contributed by atoms with van der Waals surface area (Å²) in [5.41, 5.74) is 10.3. The third-order valence-corrected chi connectivity index (χ3v) is 6.81. The number of nitrogens with one attached hydrogen (secondary N) is 2. The minimum atomic E-state index is 0.314. The monoisotopic (exact) mass is 486 g/mol. The van der Waals surface area contributed by atoms with E-state index in [1.54, 1.807) is 18.6 Å². The van der Waals surface area contributed by atoms with Gasteiger partial charge in [-0.2, -0.15) is 5.10 Å². The molecule has 3 aromatic heterocycles. The van der Waals surface area contributed by atoms with E-state index in [-0.39, 0.29) is 0 Å². The van der Waals surface area contributed by atoms with Crippen molar-refractivity contribution >= 4 is 34.5 Å². The Morgan fingerprint density at radius 2 is 2.00 bits per heavy atom. The molecular weight excluding hydrogens is 452 g/mol. The highest BCUT2D eigenvalue weighted by molar-refractivity contribution is 6.10. The average Bonchev–Trinajstić information content (AvgIpc) is 2.88. The van der Waals surface area contributed by atoms with Gasteiger partial charge in [-0.05, 0) is 42.2 Å². The van der Waals surface area contributed by atoms with Crippen LogP contribution in [0.4, 0.5) is 11.6 Å². The van der Waals surface area contributed by atoms with Crippen molar-refractivity contribution in [2.45, 2.75) is 44.6 Å². The highest BCUT2D eigenvalue weighted by Gasteiger charge is 2.16. The third kappa shape index (κ3) is 6.41. The van der Waals surface area contributed by atoms with Crippen molar-refractivity contribution < 1.29 is 4.74 Å². The molecule has 0 atom stereocenters. The van der Waals surface area contributed by atoms with Crippen molar-refractivity contribution in [2.24, 2.45) is 16.6 Å². The Hall–Kier alpha value is -3.43. The lowest BCUT2D eigenvalue weighted by Crippen LogP contribution is -2.48. The van der Waals surface area contributed by atoms with Crippen LogP contribution in [0.3, 0.4) is 0 Å². The maximum absolute atomic E-state index is 5.89. The Labute approximate surface area is 211 Å². The van der Waals surface area contributed by atoms with E-state index in [0.29, 0.717) is 30.9 Å². The van der Waals surface area contributed by atoms with Crippen LogP contribution in [0.15, 0.2) is 47.9 Å². The summed E-state index contributed by atoms with van der Waals surface area (Å²) in [5, 5.41) is 15.0. The second-order valence-corrected chi connectivity index (χ2v) is 9.55. The second-order valence-electron chi connectivity index (χ2n) is 9.55. The predicted octanol–water partition coefficient (Wildman–Crippen LogP) is 3.65. The molecule has 4 heterocycles. The van der Waals surface area contributed by atoms with Gasteiger partial charge < -0.3 is 21.1 Å². The van der Waals surface area contributed by atoms with E-state index < -0.39 is 0 Å². The van der Waals surface area contributed by atoms with Crippen molar-refractivity contribution in [3.05, 3.63) is 54.0 Å². The molecule has 9 nitrogen and oxygen atoms in total. The first kappa shape index (κ1) is 24.3. The summed E-state index contributed by atoms with van der Waals surface area (Å²) in [4.78, 5) is 13.8. The number of pyridine rings is 2. The number of hydrogen-bond acceptors (Lipinski definition) is 9. The van der Waals surface area contributed by atoms with Gasteiger partial charge in [0.2, 0.25) is 0 Å². The van der Waals surface area contributed by atoms with Crippen LogP contribution in [0.5, 0.6) is 0 Å². The number of aliphatic imine (C=N–C) groups is 1. The predicted molar refractivity (Wildman–Crippen MR) is 143 cm³/mol. The number of aromatic nitrogens is 4. The molecule has 188 valence electrons. The zero-order valence-electron chi connectivity index (χ0n) is 20.6.